The minimum atomic E-state index is -0.179. The van der Waals surface area contributed by atoms with Crippen molar-refractivity contribution in [2.24, 2.45) is 0 Å². The SMILES string of the molecule is CNC1(CO)CCCC(Sc2ccccc2F)C1. The number of benzene rings is 1. The standard InChI is InChI=1S/C14H20FNOS/c1-16-14(10-17)8-4-5-11(9-14)18-13-7-3-2-6-12(13)15/h2-3,6-7,11,16-17H,4-5,8-10H2,1H3. The minimum absolute atomic E-state index is 0.146. The fourth-order valence-electron chi connectivity index (χ4n) is 2.58. The molecule has 1 aliphatic rings. The van der Waals surface area contributed by atoms with E-state index in [-0.39, 0.29) is 18.0 Å². The van der Waals surface area contributed by atoms with Gasteiger partial charge in [-0.25, -0.2) is 4.39 Å². The van der Waals surface area contributed by atoms with Crippen molar-refractivity contribution in [2.45, 2.75) is 41.4 Å². The molecule has 4 heteroatoms. The van der Waals surface area contributed by atoms with Gasteiger partial charge in [0.2, 0.25) is 0 Å². The molecule has 0 spiro atoms. The Kier molecular flexibility index (Phi) is 4.65. The molecule has 1 aromatic rings. The van der Waals surface area contributed by atoms with Gasteiger partial charge in [-0.1, -0.05) is 18.6 Å². The van der Waals surface area contributed by atoms with Gasteiger partial charge in [-0.2, -0.15) is 0 Å². The topological polar surface area (TPSA) is 32.3 Å². The number of aliphatic hydroxyl groups excluding tert-OH is 1. The summed E-state index contributed by atoms with van der Waals surface area (Å²) in [5.74, 6) is -0.146. The normalized spacial score (nSPS) is 28.3. The lowest BCUT2D eigenvalue weighted by Crippen LogP contribution is -2.50. The molecule has 100 valence electrons. The summed E-state index contributed by atoms with van der Waals surface area (Å²) in [6, 6.07) is 6.91. The molecule has 18 heavy (non-hydrogen) atoms. The van der Waals surface area contributed by atoms with E-state index in [0.717, 1.165) is 25.7 Å². The summed E-state index contributed by atoms with van der Waals surface area (Å²) in [5, 5.41) is 13.1. The monoisotopic (exact) mass is 269 g/mol. The smallest absolute Gasteiger partial charge is 0.136 e. The molecule has 0 saturated heterocycles. The molecule has 2 unspecified atom stereocenters. The summed E-state index contributed by atoms with van der Waals surface area (Å²) in [5.41, 5.74) is -0.179. The molecule has 1 fully saturated rings. The lowest BCUT2D eigenvalue weighted by Gasteiger charge is -2.39. The number of aliphatic hydroxyl groups is 1. The molecule has 0 bridgehead atoms. The number of nitrogens with one attached hydrogen (secondary N) is 1. The van der Waals surface area contributed by atoms with Crippen molar-refractivity contribution in [2.75, 3.05) is 13.7 Å². The Labute approximate surface area is 112 Å². The summed E-state index contributed by atoms with van der Waals surface area (Å²) in [6.07, 6.45) is 4.04. The second-order valence-electron chi connectivity index (χ2n) is 4.96. The lowest BCUT2D eigenvalue weighted by atomic mass is 9.82. The first-order chi connectivity index (χ1) is 8.69. The summed E-state index contributed by atoms with van der Waals surface area (Å²) >= 11 is 1.60. The average molecular weight is 269 g/mol. The van der Waals surface area contributed by atoms with Crippen LogP contribution in [0.15, 0.2) is 29.2 Å². The van der Waals surface area contributed by atoms with Crippen LogP contribution in [-0.2, 0) is 0 Å². The minimum Gasteiger partial charge on any atom is -0.394 e. The Balaban J connectivity index is 2.04. The van der Waals surface area contributed by atoms with Crippen molar-refractivity contribution < 1.29 is 9.50 Å². The number of halogens is 1. The van der Waals surface area contributed by atoms with Gasteiger partial charge in [0.15, 0.2) is 0 Å². The predicted octanol–water partition coefficient (Wildman–Crippen LogP) is 2.81. The zero-order chi connectivity index (χ0) is 13.0. The van der Waals surface area contributed by atoms with Gasteiger partial charge in [0, 0.05) is 15.7 Å². The van der Waals surface area contributed by atoms with Crippen LogP contribution in [0.5, 0.6) is 0 Å². The van der Waals surface area contributed by atoms with E-state index in [1.807, 2.05) is 19.2 Å². The molecule has 2 nitrogen and oxygen atoms in total. The molecule has 2 rings (SSSR count). The first-order valence-electron chi connectivity index (χ1n) is 6.40. The zero-order valence-corrected chi connectivity index (χ0v) is 11.5. The highest BCUT2D eigenvalue weighted by Gasteiger charge is 2.35. The molecule has 0 amide bonds. The maximum absolute atomic E-state index is 13.6. The van der Waals surface area contributed by atoms with Crippen molar-refractivity contribution in [1.29, 1.82) is 0 Å². The van der Waals surface area contributed by atoms with Crippen molar-refractivity contribution in [3.8, 4) is 0 Å². The summed E-state index contributed by atoms with van der Waals surface area (Å²) in [7, 11) is 1.90. The predicted molar refractivity (Wildman–Crippen MR) is 73.4 cm³/mol. The van der Waals surface area contributed by atoms with Crippen LogP contribution in [-0.4, -0.2) is 29.5 Å². The maximum Gasteiger partial charge on any atom is 0.136 e. The third-order valence-corrected chi connectivity index (χ3v) is 5.08. The fraction of sp³-hybridized carbons (Fsp3) is 0.571. The number of rotatable bonds is 4. The highest BCUT2D eigenvalue weighted by molar-refractivity contribution is 8.00. The highest BCUT2D eigenvalue weighted by Crippen LogP contribution is 2.38. The van der Waals surface area contributed by atoms with Crippen molar-refractivity contribution >= 4 is 11.8 Å². The van der Waals surface area contributed by atoms with Crippen LogP contribution in [0.4, 0.5) is 4.39 Å². The number of hydrogen-bond donors (Lipinski definition) is 2. The Bertz CT molecular complexity index is 395. The van der Waals surface area contributed by atoms with Crippen LogP contribution in [0.1, 0.15) is 25.7 Å². The Morgan fingerprint density at radius 2 is 2.28 bits per heavy atom. The van der Waals surface area contributed by atoms with Crippen molar-refractivity contribution in [1.82, 2.24) is 5.32 Å². The zero-order valence-electron chi connectivity index (χ0n) is 10.7. The van der Waals surface area contributed by atoms with Gasteiger partial charge >= 0.3 is 0 Å². The van der Waals surface area contributed by atoms with E-state index < -0.39 is 0 Å². The summed E-state index contributed by atoms with van der Waals surface area (Å²) < 4.78 is 13.6. The molecule has 0 radical (unpaired) electrons. The van der Waals surface area contributed by atoms with Crippen LogP contribution in [0, 0.1) is 5.82 Å². The van der Waals surface area contributed by atoms with Crippen LogP contribution in [0.25, 0.3) is 0 Å². The van der Waals surface area contributed by atoms with Crippen LogP contribution in [0.3, 0.4) is 0 Å². The molecular formula is C14H20FNOS. The van der Waals surface area contributed by atoms with E-state index in [9.17, 15) is 9.50 Å². The average Bonchev–Trinajstić information content (AvgIpc) is 2.41. The van der Waals surface area contributed by atoms with Crippen LogP contribution >= 0.6 is 11.8 Å². The lowest BCUT2D eigenvalue weighted by molar-refractivity contribution is 0.131. The molecule has 1 aliphatic carbocycles. The van der Waals surface area contributed by atoms with Crippen LogP contribution in [0.2, 0.25) is 0 Å². The fourth-order valence-corrected chi connectivity index (χ4v) is 3.96. The first-order valence-corrected chi connectivity index (χ1v) is 7.28. The van der Waals surface area contributed by atoms with Gasteiger partial charge < -0.3 is 10.4 Å². The Hall–Kier alpha value is -0.580. The number of likely N-dealkylation sites (N-methyl/N-ethyl adjacent to an activating group) is 1. The maximum atomic E-state index is 13.6. The number of hydrogen-bond acceptors (Lipinski definition) is 3. The van der Waals surface area contributed by atoms with Gasteiger partial charge in [-0.05, 0) is 38.4 Å². The quantitative estimate of drug-likeness (QED) is 0.881. The molecule has 0 heterocycles. The molecule has 1 saturated carbocycles. The first kappa shape index (κ1) is 13.8. The second-order valence-corrected chi connectivity index (χ2v) is 6.30. The third-order valence-electron chi connectivity index (χ3n) is 3.76. The van der Waals surface area contributed by atoms with E-state index in [2.05, 4.69) is 5.32 Å². The van der Waals surface area contributed by atoms with Gasteiger partial charge in [-0.15, -0.1) is 11.8 Å². The molecule has 2 atom stereocenters. The molecule has 0 aliphatic heterocycles. The molecule has 1 aromatic carbocycles. The van der Waals surface area contributed by atoms with Crippen molar-refractivity contribution in [3.05, 3.63) is 30.1 Å². The van der Waals surface area contributed by atoms with Gasteiger partial charge in [0.1, 0.15) is 5.82 Å². The van der Waals surface area contributed by atoms with Gasteiger partial charge in [0.25, 0.3) is 0 Å². The van der Waals surface area contributed by atoms with Crippen molar-refractivity contribution in [3.63, 3.8) is 0 Å². The summed E-state index contributed by atoms with van der Waals surface area (Å²) in [4.78, 5) is 0.715. The van der Waals surface area contributed by atoms with Gasteiger partial charge in [0.05, 0.1) is 6.61 Å². The third kappa shape index (κ3) is 3.05. The molecule has 0 aromatic heterocycles. The van der Waals surface area contributed by atoms with E-state index >= 15 is 0 Å². The Morgan fingerprint density at radius 3 is 2.94 bits per heavy atom. The van der Waals surface area contributed by atoms with Gasteiger partial charge in [-0.3, -0.25) is 0 Å². The second kappa shape index (κ2) is 6.04. The largest absolute Gasteiger partial charge is 0.394 e. The van der Waals surface area contributed by atoms with E-state index in [1.165, 1.54) is 6.07 Å². The molecule has 2 N–H and O–H groups in total. The molecular weight excluding hydrogens is 249 g/mol. The van der Waals surface area contributed by atoms with E-state index in [0.29, 0.717) is 10.1 Å². The Morgan fingerprint density at radius 1 is 1.50 bits per heavy atom. The summed E-state index contributed by atoms with van der Waals surface area (Å²) in [6.45, 7) is 0.151. The van der Waals surface area contributed by atoms with E-state index in [4.69, 9.17) is 0 Å². The van der Waals surface area contributed by atoms with Crippen LogP contribution < -0.4 is 5.32 Å². The number of thioether (sulfide) groups is 1. The van der Waals surface area contributed by atoms with E-state index in [1.54, 1.807) is 17.8 Å². The highest BCUT2D eigenvalue weighted by atomic mass is 32.2.